The van der Waals surface area contributed by atoms with Gasteiger partial charge in [0.2, 0.25) is 53.2 Å². The smallest absolute Gasteiger partial charge is 0.239 e. The van der Waals surface area contributed by atoms with Crippen molar-refractivity contribution in [3.05, 3.63) is 0 Å². The molecule has 200 valence electrons. The molecule has 18 nitrogen and oxygen atoms in total. The van der Waals surface area contributed by atoms with Gasteiger partial charge < -0.3 is 48.3 Å². The van der Waals surface area contributed by atoms with Gasteiger partial charge in [-0.3, -0.25) is 43.2 Å². The lowest BCUT2D eigenvalue weighted by atomic mass is 10.4. The SMILES string of the molecule is CC(=O)NCC(=O)NCC(=O)NCC(=O)NCC(=O)NCC(=O)NCC(=O)NCC(=O)NCC(N)=O. The number of nitrogens with one attached hydrogen (secondary N) is 8. The van der Waals surface area contributed by atoms with Crippen molar-refractivity contribution in [3.63, 3.8) is 0 Å². The Morgan fingerprint density at radius 1 is 0.389 bits per heavy atom. The lowest BCUT2D eigenvalue weighted by molar-refractivity contribution is -0.129. The Hall–Kier alpha value is -4.77. The molecule has 0 spiro atoms. The van der Waals surface area contributed by atoms with E-state index < -0.39 is 92.4 Å². The normalized spacial score (nSPS) is 9.58. The third-order valence-corrected chi connectivity index (χ3v) is 3.63. The highest BCUT2D eigenvalue weighted by molar-refractivity contribution is 5.93. The number of hydrogen-bond donors (Lipinski definition) is 9. The number of carbonyl (C=O) groups excluding carboxylic acids is 9. The van der Waals surface area contributed by atoms with Crippen molar-refractivity contribution in [1.29, 1.82) is 0 Å². The molecule has 0 aliphatic carbocycles. The first-order chi connectivity index (χ1) is 16.9. The summed E-state index contributed by atoms with van der Waals surface area (Å²) >= 11 is 0. The first kappa shape index (κ1) is 31.2. The average Bonchev–Trinajstić information content (AvgIpc) is 2.82. The molecule has 0 unspecified atom stereocenters. The van der Waals surface area contributed by atoms with Crippen molar-refractivity contribution in [2.24, 2.45) is 5.73 Å². The third kappa shape index (κ3) is 18.8. The molecule has 9 amide bonds. The monoisotopic (exact) mass is 515 g/mol. The zero-order valence-corrected chi connectivity index (χ0v) is 19.4. The van der Waals surface area contributed by atoms with Gasteiger partial charge in [0, 0.05) is 6.92 Å². The van der Waals surface area contributed by atoms with Crippen LogP contribution in [0.15, 0.2) is 0 Å². The number of amides is 9. The number of primary amides is 1. The lowest BCUT2D eigenvalue weighted by Gasteiger charge is -2.09. The van der Waals surface area contributed by atoms with Gasteiger partial charge in [0.1, 0.15) is 0 Å². The summed E-state index contributed by atoms with van der Waals surface area (Å²) in [5.41, 5.74) is 4.84. The predicted octanol–water partition coefficient (Wildman–Crippen LogP) is -7.58. The summed E-state index contributed by atoms with van der Waals surface area (Å²) in [6, 6.07) is 0. The molecule has 0 aromatic rings. The van der Waals surface area contributed by atoms with Gasteiger partial charge in [-0.05, 0) is 0 Å². The Bertz CT molecular complexity index is 808. The van der Waals surface area contributed by atoms with Gasteiger partial charge in [0.15, 0.2) is 0 Å². The van der Waals surface area contributed by atoms with Crippen molar-refractivity contribution in [2.75, 3.05) is 52.4 Å². The number of rotatable bonds is 16. The molecule has 0 radical (unpaired) electrons. The highest BCUT2D eigenvalue weighted by Gasteiger charge is 2.11. The molecule has 0 atom stereocenters. The molecule has 10 N–H and O–H groups in total. The zero-order valence-electron chi connectivity index (χ0n) is 19.4. The summed E-state index contributed by atoms with van der Waals surface area (Å²) < 4.78 is 0. The quantitative estimate of drug-likeness (QED) is 0.0942. The highest BCUT2D eigenvalue weighted by atomic mass is 16.2. The fraction of sp³-hybridized carbons (Fsp3) is 0.500. The molecule has 0 saturated carbocycles. The third-order valence-electron chi connectivity index (χ3n) is 3.63. The van der Waals surface area contributed by atoms with E-state index >= 15 is 0 Å². The first-order valence-electron chi connectivity index (χ1n) is 10.3. The largest absolute Gasteiger partial charge is 0.368 e. The van der Waals surface area contributed by atoms with Crippen LogP contribution in [-0.2, 0) is 43.2 Å². The van der Waals surface area contributed by atoms with E-state index in [0.29, 0.717) is 0 Å². The minimum atomic E-state index is -0.755. The van der Waals surface area contributed by atoms with E-state index in [1.807, 2.05) is 0 Å². The Morgan fingerprint density at radius 3 is 0.778 bits per heavy atom. The van der Waals surface area contributed by atoms with Gasteiger partial charge >= 0.3 is 0 Å². The van der Waals surface area contributed by atoms with Crippen molar-refractivity contribution < 1.29 is 43.2 Å². The fourth-order valence-electron chi connectivity index (χ4n) is 1.90. The van der Waals surface area contributed by atoms with Crippen LogP contribution in [0.25, 0.3) is 0 Å². The van der Waals surface area contributed by atoms with Gasteiger partial charge in [0.05, 0.1) is 52.4 Å². The molecule has 0 aromatic heterocycles. The molecule has 0 aliphatic rings. The molecule has 0 heterocycles. The maximum absolute atomic E-state index is 11.7. The Balaban J connectivity index is 3.92. The van der Waals surface area contributed by atoms with E-state index in [0.717, 1.165) is 0 Å². The van der Waals surface area contributed by atoms with Crippen molar-refractivity contribution >= 4 is 53.2 Å². The molecular formula is C18H29N9O9. The summed E-state index contributed by atoms with van der Waals surface area (Å²) in [5, 5.41) is 17.6. The molecule has 0 saturated heterocycles. The van der Waals surface area contributed by atoms with Crippen LogP contribution >= 0.6 is 0 Å². The second-order valence-electron chi connectivity index (χ2n) is 6.81. The Morgan fingerprint density at radius 2 is 0.583 bits per heavy atom. The van der Waals surface area contributed by atoms with Crippen molar-refractivity contribution in [2.45, 2.75) is 6.92 Å². The van der Waals surface area contributed by atoms with E-state index in [4.69, 9.17) is 5.73 Å². The fourth-order valence-corrected chi connectivity index (χ4v) is 1.90. The van der Waals surface area contributed by atoms with Crippen molar-refractivity contribution in [1.82, 2.24) is 42.5 Å². The van der Waals surface area contributed by atoms with Crippen LogP contribution < -0.4 is 48.3 Å². The molecule has 0 aliphatic heterocycles. The minimum absolute atomic E-state index is 0.304. The molecule has 0 rings (SSSR count). The standard InChI is InChI=1S/C18H29N9O9/c1-10(28)20-3-12(30)22-5-14(32)24-7-16(34)26-9-18(36)27-8-17(35)25-6-15(33)23-4-13(31)21-2-11(19)29/h2-9H2,1H3,(H2,19,29)(H,20,28)(H,21,31)(H,22,30)(H,23,33)(H,24,32)(H,25,35)(H,26,34)(H,27,36). The van der Waals surface area contributed by atoms with Gasteiger partial charge in [-0.25, -0.2) is 0 Å². The second-order valence-corrected chi connectivity index (χ2v) is 6.81. The summed E-state index contributed by atoms with van der Waals surface area (Å²) in [5.74, 6) is -5.99. The van der Waals surface area contributed by atoms with E-state index in [-0.39, 0.29) is 13.1 Å². The van der Waals surface area contributed by atoms with Crippen LogP contribution in [-0.4, -0.2) is 106 Å². The van der Waals surface area contributed by atoms with Gasteiger partial charge in [0.25, 0.3) is 0 Å². The van der Waals surface area contributed by atoms with Crippen molar-refractivity contribution in [3.8, 4) is 0 Å². The summed E-state index contributed by atoms with van der Waals surface area (Å²) in [4.78, 5) is 102. The first-order valence-corrected chi connectivity index (χ1v) is 10.3. The molecular weight excluding hydrogens is 486 g/mol. The Labute approximate surface area is 204 Å². The van der Waals surface area contributed by atoms with E-state index in [1.54, 1.807) is 0 Å². The summed E-state index contributed by atoms with van der Waals surface area (Å²) in [6.07, 6.45) is 0. The zero-order chi connectivity index (χ0) is 27.5. The van der Waals surface area contributed by atoms with E-state index in [2.05, 4.69) is 42.5 Å². The molecule has 0 aromatic carbocycles. The highest BCUT2D eigenvalue weighted by Crippen LogP contribution is 1.73. The second kappa shape index (κ2) is 17.7. The molecule has 0 fully saturated rings. The minimum Gasteiger partial charge on any atom is -0.368 e. The Kier molecular flexibility index (Phi) is 15.3. The number of nitrogens with two attached hydrogens (primary N) is 1. The maximum Gasteiger partial charge on any atom is 0.239 e. The summed E-state index contributed by atoms with van der Waals surface area (Å²) in [6.45, 7) is -2.31. The van der Waals surface area contributed by atoms with Crippen LogP contribution in [0.4, 0.5) is 0 Å². The van der Waals surface area contributed by atoms with E-state index in [9.17, 15) is 43.2 Å². The average molecular weight is 515 g/mol. The van der Waals surface area contributed by atoms with Gasteiger partial charge in [-0.15, -0.1) is 0 Å². The van der Waals surface area contributed by atoms with Crippen LogP contribution in [0, 0.1) is 0 Å². The molecule has 18 heteroatoms. The van der Waals surface area contributed by atoms with Crippen LogP contribution in [0.1, 0.15) is 6.92 Å². The predicted molar refractivity (Wildman–Crippen MR) is 119 cm³/mol. The maximum atomic E-state index is 11.7. The van der Waals surface area contributed by atoms with Crippen LogP contribution in [0.5, 0.6) is 0 Å². The lowest BCUT2D eigenvalue weighted by Crippen LogP contribution is -2.47. The number of hydrogen-bond acceptors (Lipinski definition) is 9. The molecule has 0 bridgehead atoms. The molecule has 36 heavy (non-hydrogen) atoms. The van der Waals surface area contributed by atoms with Gasteiger partial charge in [-0.2, -0.15) is 0 Å². The van der Waals surface area contributed by atoms with Crippen LogP contribution in [0.3, 0.4) is 0 Å². The van der Waals surface area contributed by atoms with Gasteiger partial charge in [-0.1, -0.05) is 0 Å². The topological polar surface area (TPSA) is 276 Å². The van der Waals surface area contributed by atoms with E-state index in [1.165, 1.54) is 6.92 Å². The summed E-state index contributed by atoms with van der Waals surface area (Å²) in [7, 11) is 0. The number of carbonyl (C=O) groups is 9. The van der Waals surface area contributed by atoms with Crippen LogP contribution in [0.2, 0.25) is 0 Å².